The summed E-state index contributed by atoms with van der Waals surface area (Å²) < 4.78 is 0. The van der Waals surface area contributed by atoms with Crippen LogP contribution in [0.2, 0.25) is 0 Å². The van der Waals surface area contributed by atoms with Crippen molar-refractivity contribution in [1.82, 2.24) is 4.90 Å². The molecule has 0 spiro atoms. The van der Waals surface area contributed by atoms with Gasteiger partial charge in [0.05, 0.1) is 6.04 Å². The molecule has 0 radical (unpaired) electrons. The monoisotopic (exact) mass is 240 g/mol. The zero-order chi connectivity index (χ0) is 12.7. The molecule has 1 aliphatic rings. The van der Waals surface area contributed by atoms with Gasteiger partial charge in [-0.15, -0.1) is 0 Å². The molecule has 17 heavy (non-hydrogen) atoms. The predicted molar refractivity (Wildman–Crippen MR) is 71.7 cm³/mol. The van der Waals surface area contributed by atoms with Crippen molar-refractivity contribution in [2.45, 2.75) is 64.8 Å². The first-order chi connectivity index (χ1) is 8.19. The third-order valence-corrected chi connectivity index (χ3v) is 3.81. The minimum atomic E-state index is -0.266. The number of hydrogen-bond acceptors (Lipinski definition) is 2. The number of nitrogens with zero attached hydrogens (tertiary/aromatic N) is 1. The molecule has 1 heterocycles. The zero-order valence-electron chi connectivity index (χ0n) is 11.5. The van der Waals surface area contributed by atoms with Crippen LogP contribution >= 0.6 is 0 Å². The number of unbranched alkanes of at least 4 members (excludes halogenated alkanes) is 1. The smallest absolute Gasteiger partial charge is 0.239 e. The Hall–Kier alpha value is -0.570. The van der Waals surface area contributed by atoms with Gasteiger partial charge >= 0.3 is 0 Å². The molecule has 100 valence electrons. The van der Waals surface area contributed by atoms with Crippen LogP contribution < -0.4 is 5.73 Å². The SMILES string of the molecule is CCCCC(N)C(=O)N1CCC(CCC)CC1. The fraction of sp³-hybridized carbons (Fsp3) is 0.929. The summed E-state index contributed by atoms with van der Waals surface area (Å²) in [5, 5.41) is 0. The summed E-state index contributed by atoms with van der Waals surface area (Å²) in [4.78, 5) is 14.0. The Labute approximate surface area is 106 Å². The lowest BCUT2D eigenvalue weighted by Crippen LogP contribution is -2.47. The molecule has 1 fully saturated rings. The first kappa shape index (κ1) is 14.5. The summed E-state index contributed by atoms with van der Waals surface area (Å²) >= 11 is 0. The lowest BCUT2D eigenvalue weighted by atomic mass is 9.92. The number of carbonyl (C=O) groups excluding carboxylic acids is 1. The summed E-state index contributed by atoms with van der Waals surface area (Å²) in [6.45, 7) is 6.21. The highest BCUT2D eigenvalue weighted by Crippen LogP contribution is 2.22. The van der Waals surface area contributed by atoms with Crippen LogP contribution in [0.25, 0.3) is 0 Å². The van der Waals surface area contributed by atoms with E-state index in [9.17, 15) is 4.79 Å². The molecule has 3 heteroatoms. The Morgan fingerprint density at radius 1 is 1.29 bits per heavy atom. The Morgan fingerprint density at radius 2 is 1.94 bits per heavy atom. The number of likely N-dealkylation sites (tertiary alicyclic amines) is 1. The Balaban J connectivity index is 2.30. The maximum absolute atomic E-state index is 12.1. The minimum absolute atomic E-state index is 0.174. The van der Waals surface area contributed by atoms with Gasteiger partial charge in [-0.2, -0.15) is 0 Å². The molecule has 1 amide bonds. The topological polar surface area (TPSA) is 46.3 Å². The number of hydrogen-bond donors (Lipinski definition) is 1. The fourth-order valence-electron chi connectivity index (χ4n) is 2.63. The Kier molecular flexibility index (Phi) is 6.56. The number of carbonyl (C=O) groups is 1. The number of nitrogens with two attached hydrogens (primary N) is 1. The van der Waals surface area contributed by atoms with E-state index in [4.69, 9.17) is 5.73 Å². The van der Waals surface area contributed by atoms with Crippen LogP contribution in [0.3, 0.4) is 0 Å². The Morgan fingerprint density at radius 3 is 2.47 bits per heavy atom. The lowest BCUT2D eigenvalue weighted by Gasteiger charge is -2.33. The van der Waals surface area contributed by atoms with Gasteiger partial charge < -0.3 is 10.6 Å². The van der Waals surface area contributed by atoms with Gasteiger partial charge in [-0.3, -0.25) is 4.79 Å². The first-order valence-electron chi connectivity index (χ1n) is 7.23. The van der Waals surface area contributed by atoms with E-state index in [0.29, 0.717) is 0 Å². The standard InChI is InChI=1S/C14H28N2O/c1-3-5-7-13(15)14(17)16-10-8-12(6-4-2)9-11-16/h12-13H,3-11,15H2,1-2H3. The maximum Gasteiger partial charge on any atom is 0.239 e. The van der Waals surface area contributed by atoms with E-state index < -0.39 is 0 Å². The van der Waals surface area contributed by atoms with E-state index in [-0.39, 0.29) is 11.9 Å². The molecule has 3 nitrogen and oxygen atoms in total. The molecule has 0 aromatic carbocycles. The predicted octanol–water partition coefficient (Wildman–Crippen LogP) is 2.54. The molecule has 0 aromatic rings. The third-order valence-electron chi connectivity index (χ3n) is 3.81. The fourth-order valence-corrected chi connectivity index (χ4v) is 2.63. The molecule has 0 bridgehead atoms. The second-order valence-electron chi connectivity index (χ2n) is 5.31. The third kappa shape index (κ3) is 4.66. The van der Waals surface area contributed by atoms with E-state index in [2.05, 4.69) is 13.8 Å². The van der Waals surface area contributed by atoms with Crippen LogP contribution in [0.1, 0.15) is 58.8 Å². The van der Waals surface area contributed by atoms with Crippen LogP contribution in [0.4, 0.5) is 0 Å². The van der Waals surface area contributed by atoms with E-state index in [0.717, 1.165) is 38.3 Å². The minimum Gasteiger partial charge on any atom is -0.341 e. The van der Waals surface area contributed by atoms with Crippen molar-refractivity contribution in [3.63, 3.8) is 0 Å². The molecule has 1 aliphatic heterocycles. The van der Waals surface area contributed by atoms with Crippen molar-refractivity contribution in [2.24, 2.45) is 11.7 Å². The highest BCUT2D eigenvalue weighted by atomic mass is 16.2. The second-order valence-corrected chi connectivity index (χ2v) is 5.31. The van der Waals surface area contributed by atoms with Crippen LogP contribution in [0.15, 0.2) is 0 Å². The average molecular weight is 240 g/mol. The molecular weight excluding hydrogens is 212 g/mol. The van der Waals surface area contributed by atoms with Crippen molar-refractivity contribution in [3.8, 4) is 0 Å². The summed E-state index contributed by atoms with van der Waals surface area (Å²) in [6.07, 6.45) is 7.90. The molecule has 1 atom stereocenters. The number of rotatable bonds is 6. The van der Waals surface area contributed by atoms with Crippen LogP contribution in [0, 0.1) is 5.92 Å². The first-order valence-corrected chi connectivity index (χ1v) is 7.23. The molecule has 2 N–H and O–H groups in total. The van der Waals surface area contributed by atoms with Gasteiger partial charge in [0.25, 0.3) is 0 Å². The van der Waals surface area contributed by atoms with Gasteiger partial charge in [-0.25, -0.2) is 0 Å². The zero-order valence-corrected chi connectivity index (χ0v) is 11.5. The quantitative estimate of drug-likeness (QED) is 0.775. The maximum atomic E-state index is 12.1. The highest BCUT2D eigenvalue weighted by molar-refractivity contribution is 5.81. The molecule has 0 aliphatic carbocycles. The van der Waals surface area contributed by atoms with Gasteiger partial charge in [0.1, 0.15) is 0 Å². The molecular formula is C14H28N2O. The summed E-state index contributed by atoms with van der Waals surface area (Å²) in [5.41, 5.74) is 5.94. The van der Waals surface area contributed by atoms with Crippen molar-refractivity contribution in [2.75, 3.05) is 13.1 Å². The summed E-state index contributed by atoms with van der Waals surface area (Å²) in [6, 6.07) is -0.266. The molecule has 1 saturated heterocycles. The molecule has 0 aromatic heterocycles. The van der Waals surface area contributed by atoms with E-state index in [1.165, 1.54) is 25.7 Å². The van der Waals surface area contributed by atoms with Crippen molar-refractivity contribution < 1.29 is 4.79 Å². The number of piperidine rings is 1. The Bertz CT molecular complexity index is 222. The van der Waals surface area contributed by atoms with Gasteiger partial charge in [0.2, 0.25) is 5.91 Å². The van der Waals surface area contributed by atoms with Crippen molar-refractivity contribution in [3.05, 3.63) is 0 Å². The average Bonchev–Trinajstić information content (AvgIpc) is 2.36. The normalized spacial score (nSPS) is 19.4. The van der Waals surface area contributed by atoms with E-state index >= 15 is 0 Å². The van der Waals surface area contributed by atoms with Gasteiger partial charge in [0.15, 0.2) is 0 Å². The van der Waals surface area contributed by atoms with Crippen molar-refractivity contribution in [1.29, 1.82) is 0 Å². The van der Waals surface area contributed by atoms with E-state index in [1.54, 1.807) is 0 Å². The van der Waals surface area contributed by atoms with Crippen LogP contribution in [-0.2, 0) is 4.79 Å². The van der Waals surface area contributed by atoms with Gasteiger partial charge in [-0.05, 0) is 25.2 Å². The lowest BCUT2D eigenvalue weighted by molar-refractivity contribution is -0.134. The summed E-state index contributed by atoms with van der Waals surface area (Å²) in [7, 11) is 0. The largest absolute Gasteiger partial charge is 0.341 e. The van der Waals surface area contributed by atoms with Gasteiger partial charge in [-0.1, -0.05) is 39.5 Å². The highest BCUT2D eigenvalue weighted by Gasteiger charge is 2.25. The van der Waals surface area contributed by atoms with Crippen LogP contribution in [-0.4, -0.2) is 29.9 Å². The summed E-state index contributed by atoms with van der Waals surface area (Å²) in [5.74, 6) is 1.00. The second kappa shape index (κ2) is 7.70. The van der Waals surface area contributed by atoms with Crippen molar-refractivity contribution >= 4 is 5.91 Å². The van der Waals surface area contributed by atoms with Crippen LogP contribution in [0.5, 0.6) is 0 Å². The van der Waals surface area contributed by atoms with Gasteiger partial charge in [0, 0.05) is 13.1 Å². The molecule has 1 rings (SSSR count). The molecule has 1 unspecified atom stereocenters. The molecule has 0 saturated carbocycles. The number of amides is 1. The van der Waals surface area contributed by atoms with E-state index in [1.807, 2.05) is 4.90 Å².